The number of rotatable bonds is 1. The molecule has 1 unspecified atom stereocenters. The summed E-state index contributed by atoms with van der Waals surface area (Å²) in [6.45, 7) is 3.26. The van der Waals surface area contributed by atoms with E-state index in [1.807, 2.05) is 0 Å². The third-order valence-corrected chi connectivity index (χ3v) is 4.48. The lowest BCUT2D eigenvalue weighted by molar-refractivity contribution is 0.286. The molecule has 1 aliphatic carbocycles. The van der Waals surface area contributed by atoms with Gasteiger partial charge in [-0.1, -0.05) is 26.2 Å². The summed E-state index contributed by atoms with van der Waals surface area (Å²) in [7, 11) is 0. The van der Waals surface area contributed by atoms with E-state index in [-0.39, 0.29) is 11.5 Å². The van der Waals surface area contributed by atoms with E-state index in [1.54, 1.807) is 0 Å². The van der Waals surface area contributed by atoms with E-state index < -0.39 is 0 Å². The van der Waals surface area contributed by atoms with Gasteiger partial charge in [0.25, 0.3) is 0 Å². The van der Waals surface area contributed by atoms with Crippen LogP contribution in [-0.4, -0.2) is 20.8 Å². The van der Waals surface area contributed by atoms with Crippen LogP contribution in [0, 0.1) is 0 Å². The molecule has 0 radical (unpaired) electrons. The Hall–Kier alpha value is -0.900. The number of nitrogens with two attached hydrogens (primary N) is 1. The van der Waals surface area contributed by atoms with E-state index in [0.717, 1.165) is 25.2 Å². The Morgan fingerprint density at radius 1 is 1.24 bits per heavy atom. The van der Waals surface area contributed by atoms with Crippen molar-refractivity contribution < 1.29 is 0 Å². The van der Waals surface area contributed by atoms with Crippen molar-refractivity contribution in [2.75, 3.05) is 0 Å². The van der Waals surface area contributed by atoms with Crippen molar-refractivity contribution in [1.82, 2.24) is 14.8 Å². The Balaban J connectivity index is 1.95. The van der Waals surface area contributed by atoms with Crippen molar-refractivity contribution in [3.63, 3.8) is 0 Å². The molecular formula is C13H22N4. The second-order valence-corrected chi connectivity index (χ2v) is 5.97. The fourth-order valence-electron chi connectivity index (χ4n) is 3.35. The quantitative estimate of drug-likeness (QED) is 0.805. The van der Waals surface area contributed by atoms with Crippen LogP contribution < -0.4 is 5.73 Å². The van der Waals surface area contributed by atoms with Crippen molar-refractivity contribution >= 4 is 0 Å². The topological polar surface area (TPSA) is 56.7 Å². The van der Waals surface area contributed by atoms with Gasteiger partial charge >= 0.3 is 0 Å². The molecule has 0 spiro atoms. The zero-order chi connectivity index (χ0) is 11.9. The molecule has 17 heavy (non-hydrogen) atoms. The molecule has 0 aromatic carbocycles. The molecule has 2 N–H and O–H groups in total. The minimum atomic E-state index is 0.237. The Bertz CT molecular complexity index is 404. The molecule has 4 nitrogen and oxygen atoms in total. The number of hydrogen-bond acceptors (Lipinski definition) is 3. The molecule has 3 rings (SSSR count). The fraction of sp³-hybridized carbons (Fsp3) is 0.846. The van der Waals surface area contributed by atoms with Crippen LogP contribution >= 0.6 is 0 Å². The second-order valence-electron chi connectivity index (χ2n) is 5.97. The average Bonchev–Trinajstić information content (AvgIpc) is 2.73. The predicted molar refractivity (Wildman–Crippen MR) is 66.8 cm³/mol. The smallest absolute Gasteiger partial charge is 0.139 e. The molecule has 1 atom stereocenters. The predicted octanol–water partition coefficient (Wildman–Crippen LogP) is 1.77. The summed E-state index contributed by atoms with van der Waals surface area (Å²) in [4.78, 5) is 0. The van der Waals surface area contributed by atoms with E-state index in [2.05, 4.69) is 21.7 Å². The first kappa shape index (κ1) is 11.2. The number of aromatic nitrogens is 3. The zero-order valence-electron chi connectivity index (χ0n) is 10.7. The number of fused-ring (bicyclic) bond motifs is 1. The maximum atomic E-state index is 6.07. The number of aryl methyl sites for hydroxylation is 1. The molecule has 1 aromatic rings. The molecule has 2 aliphatic rings. The molecule has 94 valence electrons. The van der Waals surface area contributed by atoms with Crippen molar-refractivity contribution in [2.45, 2.75) is 69.9 Å². The average molecular weight is 234 g/mol. The minimum Gasteiger partial charge on any atom is -0.326 e. The van der Waals surface area contributed by atoms with Crippen LogP contribution in [0.15, 0.2) is 0 Å². The monoisotopic (exact) mass is 234 g/mol. The lowest BCUT2D eigenvalue weighted by Crippen LogP contribution is -2.36. The van der Waals surface area contributed by atoms with Gasteiger partial charge in [-0.15, -0.1) is 10.2 Å². The standard InChI is InChI=1S/C13H22N4/c1-13(7-3-2-4-8-13)12-16-15-11-6-5-10(14)9-17(11)12/h10H,2-9,14H2,1H3. The second kappa shape index (κ2) is 4.09. The van der Waals surface area contributed by atoms with Crippen molar-refractivity contribution in [3.05, 3.63) is 11.6 Å². The van der Waals surface area contributed by atoms with Crippen LogP contribution in [0.25, 0.3) is 0 Å². The third-order valence-electron chi connectivity index (χ3n) is 4.48. The van der Waals surface area contributed by atoms with Gasteiger partial charge in [0.2, 0.25) is 0 Å². The van der Waals surface area contributed by atoms with Crippen LogP contribution in [0.2, 0.25) is 0 Å². The van der Waals surface area contributed by atoms with Gasteiger partial charge in [0.1, 0.15) is 11.6 Å². The highest BCUT2D eigenvalue weighted by Gasteiger charge is 2.35. The molecular weight excluding hydrogens is 212 g/mol. The van der Waals surface area contributed by atoms with Gasteiger partial charge in [-0.3, -0.25) is 0 Å². The van der Waals surface area contributed by atoms with Crippen LogP contribution in [0.4, 0.5) is 0 Å². The first-order valence-corrected chi connectivity index (χ1v) is 6.87. The van der Waals surface area contributed by atoms with E-state index in [1.165, 1.54) is 37.9 Å². The Morgan fingerprint density at radius 3 is 2.76 bits per heavy atom. The Labute approximate surface area is 103 Å². The molecule has 1 saturated carbocycles. The van der Waals surface area contributed by atoms with Gasteiger partial charge in [-0.05, 0) is 19.3 Å². The molecule has 0 saturated heterocycles. The normalized spacial score (nSPS) is 27.8. The summed E-state index contributed by atoms with van der Waals surface area (Å²) in [6.07, 6.45) is 8.56. The maximum Gasteiger partial charge on any atom is 0.139 e. The van der Waals surface area contributed by atoms with Gasteiger partial charge in [0.05, 0.1) is 0 Å². The summed E-state index contributed by atoms with van der Waals surface area (Å²) in [5.74, 6) is 2.34. The molecule has 1 aromatic heterocycles. The summed E-state index contributed by atoms with van der Waals surface area (Å²) < 4.78 is 2.31. The molecule has 0 amide bonds. The Morgan fingerprint density at radius 2 is 2.00 bits per heavy atom. The number of nitrogens with zero attached hydrogens (tertiary/aromatic N) is 3. The molecule has 4 heteroatoms. The van der Waals surface area contributed by atoms with Crippen molar-refractivity contribution in [3.8, 4) is 0 Å². The largest absolute Gasteiger partial charge is 0.326 e. The van der Waals surface area contributed by atoms with E-state index in [4.69, 9.17) is 5.73 Å². The molecule has 0 bridgehead atoms. The first-order valence-electron chi connectivity index (χ1n) is 6.87. The van der Waals surface area contributed by atoms with Crippen LogP contribution in [-0.2, 0) is 18.4 Å². The SMILES string of the molecule is CC1(c2nnc3n2CC(N)CC3)CCCCC1. The van der Waals surface area contributed by atoms with Gasteiger partial charge < -0.3 is 10.3 Å². The van der Waals surface area contributed by atoms with Crippen LogP contribution in [0.3, 0.4) is 0 Å². The highest BCUT2D eigenvalue weighted by atomic mass is 15.3. The van der Waals surface area contributed by atoms with E-state index >= 15 is 0 Å². The molecule has 2 heterocycles. The van der Waals surface area contributed by atoms with Gasteiger partial charge in [0.15, 0.2) is 0 Å². The van der Waals surface area contributed by atoms with Crippen molar-refractivity contribution in [1.29, 1.82) is 0 Å². The summed E-state index contributed by atoms with van der Waals surface area (Å²) in [6, 6.07) is 0.282. The highest BCUT2D eigenvalue weighted by Crippen LogP contribution is 2.38. The van der Waals surface area contributed by atoms with Crippen LogP contribution in [0.1, 0.15) is 57.1 Å². The summed E-state index contributed by atoms with van der Waals surface area (Å²) in [5, 5.41) is 8.85. The minimum absolute atomic E-state index is 0.237. The first-order chi connectivity index (χ1) is 8.19. The number of hydrogen-bond donors (Lipinski definition) is 1. The zero-order valence-corrected chi connectivity index (χ0v) is 10.7. The Kier molecular flexibility index (Phi) is 2.69. The maximum absolute atomic E-state index is 6.07. The molecule has 1 fully saturated rings. The van der Waals surface area contributed by atoms with Gasteiger partial charge in [-0.2, -0.15) is 0 Å². The van der Waals surface area contributed by atoms with Gasteiger partial charge in [-0.25, -0.2) is 0 Å². The highest BCUT2D eigenvalue weighted by molar-refractivity contribution is 5.12. The lowest BCUT2D eigenvalue weighted by atomic mass is 9.75. The van der Waals surface area contributed by atoms with Crippen LogP contribution in [0.5, 0.6) is 0 Å². The van der Waals surface area contributed by atoms with Crippen molar-refractivity contribution in [2.24, 2.45) is 5.73 Å². The lowest BCUT2D eigenvalue weighted by Gasteiger charge is -2.34. The van der Waals surface area contributed by atoms with Gasteiger partial charge in [0, 0.05) is 24.4 Å². The molecule has 1 aliphatic heterocycles. The summed E-state index contributed by atoms with van der Waals surface area (Å²) >= 11 is 0. The third kappa shape index (κ3) is 1.88. The van der Waals surface area contributed by atoms with E-state index in [0.29, 0.717) is 0 Å². The van der Waals surface area contributed by atoms with E-state index in [9.17, 15) is 0 Å². The summed E-state index contributed by atoms with van der Waals surface area (Å²) in [5.41, 5.74) is 6.31. The fourth-order valence-corrected chi connectivity index (χ4v) is 3.35.